The summed E-state index contributed by atoms with van der Waals surface area (Å²) in [6.07, 6.45) is 0.898. The minimum Gasteiger partial charge on any atom is -0.445 e. The fourth-order valence-corrected chi connectivity index (χ4v) is 4.48. The highest BCUT2D eigenvalue weighted by Crippen LogP contribution is 2.30. The highest BCUT2D eigenvalue weighted by molar-refractivity contribution is 5.79. The molecule has 190 valence electrons. The van der Waals surface area contributed by atoms with Crippen molar-refractivity contribution >= 4 is 12.0 Å². The summed E-state index contributed by atoms with van der Waals surface area (Å²) in [5.74, 6) is -0.0614. The number of hydrogen-bond acceptors (Lipinski definition) is 5. The Kier molecular flexibility index (Phi) is 9.69. The van der Waals surface area contributed by atoms with Crippen LogP contribution in [0.15, 0.2) is 60.7 Å². The normalized spacial score (nSPS) is 19.8. The van der Waals surface area contributed by atoms with E-state index in [4.69, 9.17) is 9.47 Å². The molecule has 3 rings (SSSR count). The number of alkyl carbamates (subject to hydrolysis) is 1. The van der Waals surface area contributed by atoms with Crippen molar-refractivity contribution in [2.75, 3.05) is 13.1 Å². The maximum absolute atomic E-state index is 13.0. The Morgan fingerprint density at radius 2 is 1.57 bits per heavy atom. The van der Waals surface area contributed by atoms with E-state index in [1.54, 1.807) is 0 Å². The van der Waals surface area contributed by atoms with Crippen molar-refractivity contribution in [1.29, 1.82) is 0 Å². The van der Waals surface area contributed by atoms with E-state index in [0.29, 0.717) is 19.5 Å². The number of hydrogen-bond donors (Lipinski definition) is 3. The van der Waals surface area contributed by atoms with Gasteiger partial charge in [0, 0.05) is 25.0 Å². The molecule has 0 aliphatic carbocycles. The highest BCUT2D eigenvalue weighted by atomic mass is 16.5. The fraction of sp³-hybridized carbons (Fsp3) is 0.500. The number of ether oxygens (including phenoxy) is 2. The van der Waals surface area contributed by atoms with E-state index in [2.05, 4.69) is 41.9 Å². The third-order valence-electron chi connectivity index (χ3n) is 6.26. The quantitative estimate of drug-likeness (QED) is 0.422. The molecular formula is C28H39N3O4. The lowest BCUT2D eigenvalue weighted by Gasteiger charge is -2.26. The van der Waals surface area contributed by atoms with Crippen LogP contribution in [-0.2, 0) is 27.3 Å². The van der Waals surface area contributed by atoms with Crippen LogP contribution < -0.4 is 16.0 Å². The van der Waals surface area contributed by atoms with E-state index in [9.17, 15) is 9.59 Å². The SMILES string of the molecule is CC(C)[C@H](C[C@@H]1OC(C)(C)N[C@H]1Cc1ccccc1)C(=O)NCCNC(=O)OCc1ccccc1. The van der Waals surface area contributed by atoms with Gasteiger partial charge in [-0.25, -0.2) is 4.79 Å². The van der Waals surface area contributed by atoms with E-state index in [1.165, 1.54) is 5.56 Å². The first-order chi connectivity index (χ1) is 16.7. The molecule has 0 unspecified atom stereocenters. The van der Waals surface area contributed by atoms with Gasteiger partial charge in [-0.05, 0) is 43.7 Å². The van der Waals surface area contributed by atoms with Crippen LogP contribution in [0.4, 0.5) is 4.79 Å². The molecule has 0 bridgehead atoms. The van der Waals surface area contributed by atoms with Crippen molar-refractivity contribution in [3.63, 3.8) is 0 Å². The van der Waals surface area contributed by atoms with Crippen molar-refractivity contribution < 1.29 is 19.1 Å². The molecule has 2 amide bonds. The summed E-state index contributed by atoms with van der Waals surface area (Å²) in [6.45, 7) is 9.02. The predicted molar refractivity (Wildman–Crippen MR) is 137 cm³/mol. The molecule has 1 saturated heterocycles. The second-order valence-corrected chi connectivity index (χ2v) is 9.97. The van der Waals surface area contributed by atoms with Crippen molar-refractivity contribution in [3.05, 3.63) is 71.8 Å². The van der Waals surface area contributed by atoms with Gasteiger partial charge in [0.15, 0.2) is 0 Å². The third kappa shape index (κ3) is 8.67. The molecule has 35 heavy (non-hydrogen) atoms. The topological polar surface area (TPSA) is 88.7 Å². The number of carbonyl (C=O) groups is 2. The Hall–Kier alpha value is -2.90. The fourth-order valence-electron chi connectivity index (χ4n) is 4.48. The summed E-state index contributed by atoms with van der Waals surface area (Å²) in [4.78, 5) is 24.9. The zero-order chi connectivity index (χ0) is 25.3. The molecule has 2 aromatic rings. The third-order valence-corrected chi connectivity index (χ3v) is 6.26. The van der Waals surface area contributed by atoms with Gasteiger partial charge in [0.2, 0.25) is 5.91 Å². The van der Waals surface area contributed by atoms with Gasteiger partial charge < -0.3 is 20.1 Å². The van der Waals surface area contributed by atoms with E-state index in [-0.39, 0.29) is 36.5 Å². The summed E-state index contributed by atoms with van der Waals surface area (Å²) in [6, 6.07) is 20.0. The molecule has 1 fully saturated rings. The molecule has 2 aromatic carbocycles. The molecule has 1 heterocycles. The van der Waals surface area contributed by atoms with Crippen LogP contribution in [0.3, 0.4) is 0 Å². The van der Waals surface area contributed by atoms with Crippen LogP contribution in [-0.4, -0.2) is 43.0 Å². The van der Waals surface area contributed by atoms with E-state index in [0.717, 1.165) is 12.0 Å². The standard InChI is InChI=1S/C28H39N3O4/c1-20(2)23(18-25-24(31-28(3,4)35-25)17-21-11-7-5-8-12-21)26(32)29-15-16-30-27(33)34-19-22-13-9-6-10-14-22/h5-14,20,23-25,31H,15-19H2,1-4H3,(H,29,32)(H,30,33)/t23-,24-,25-/m0/s1. The zero-order valence-electron chi connectivity index (χ0n) is 21.3. The molecular weight excluding hydrogens is 442 g/mol. The first-order valence-corrected chi connectivity index (χ1v) is 12.4. The lowest BCUT2D eigenvalue weighted by molar-refractivity contribution is -0.128. The molecule has 0 aromatic heterocycles. The minimum absolute atomic E-state index is 0.0220. The second kappa shape index (κ2) is 12.7. The van der Waals surface area contributed by atoms with Gasteiger partial charge in [0.25, 0.3) is 0 Å². The highest BCUT2D eigenvalue weighted by Gasteiger charge is 2.41. The van der Waals surface area contributed by atoms with Crippen molar-refractivity contribution in [1.82, 2.24) is 16.0 Å². The molecule has 1 aliphatic heterocycles. The van der Waals surface area contributed by atoms with Gasteiger partial charge in [-0.1, -0.05) is 74.5 Å². The summed E-state index contributed by atoms with van der Waals surface area (Å²) in [5.41, 5.74) is 1.73. The first kappa shape index (κ1) is 26.7. The van der Waals surface area contributed by atoms with Gasteiger partial charge in [-0.3, -0.25) is 10.1 Å². The van der Waals surface area contributed by atoms with Crippen molar-refractivity contribution in [2.24, 2.45) is 11.8 Å². The lowest BCUT2D eigenvalue weighted by atomic mass is 9.86. The van der Waals surface area contributed by atoms with Crippen LogP contribution in [0, 0.1) is 11.8 Å². The van der Waals surface area contributed by atoms with Gasteiger partial charge in [0.1, 0.15) is 12.3 Å². The van der Waals surface area contributed by atoms with Crippen LogP contribution >= 0.6 is 0 Å². The molecule has 3 N–H and O–H groups in total. The van der Waals surface area contributed by atoms with Crippen LogP contribution in [0.25, 0.3) is 0 Å². The largest absolute Gasteiger partial charge is 0.445 e. The Bertz CT molecular complexity index is 934. The van der Waals surface area contributed by atoms with Crippen LogP contribution in [0.2, 0.25) is 0 Å². The monoisotopic (exact) mass is 481 g/mol. The van der Waals surface area contributed by atoms with E-state index >= 15 is 0 Å². The second-order valence-electron chi connectivity index (χ2n) is 9.97. The number of benzene rings is 2. The summed E-state index contributed by atoms with van der Waals surface area (Å²) in [5, 5.41) is 9.24. The number of carbonyl (C=O) groups excluding carboxylic acids is 2. The molecule has 0 radical (unpaired) electrons. The maximum atomic E-state index is 13.0. The van der Waals surface area contributed by atoms with Crippen molar-refractivity contribution in [3.8, 4) is 0 Å². The predicted octanol–water partition coefficient (Wildman–Crippen LogP) is 4.03. The van der Waals surface area contributed by atoms with Gasteiger partial charge in [0.05, 0.1) is 6.10 Å². The molecule has 1 aliphatic rings. The summed E-state index contributed by atoms with van der Waals surface area (Å²) >= 11 is 0. The lowest BCUT2D eigenvalue weighted by Crippen LogP contribution is -2.42. The number of rotatable bonds is 11. The number of amides is 2. The molecule has 0 spiro atoms. The smallest absolute Gasteiger partial charge is 0.407 e. The van der Waals surface area contributed by atoms with Gasteiger partial charge in [-0.15, -0.1) is 0 Å². The van der Waals surface area contributed by atoms with Crippen molar-refractivity contribution in [2.45, 2.75) is 65.0 Å². The summed E-state index contributed by atoms with van der Waals surface area (Å²) in [7, 11) is 0. The van der Waals surface area contributed by atoms with Gasteiger partial charge in [-0.2, -0.15) is 0 Å². The average Bonchev–Trinajstić information content (AvgIpc) is 3.12. The molecule has 0 saturated carbocycles. The number of nitrogens with one attached hydrogen (secondary N) is 3. The molecule has 7 heteroatoms. The Labute approximate surface area is 209 Å². The minimum atomic E-state index is -0.500. The average molecular weight is 482 g/mol. The molecule has 3 atom stereocenters. The maximum Gasteiger partial charge on any atom is 0.407 e. The van der Waals surface area contributed by atoms with Crippen LogP contribution in [0.5, 0.6) is 0 Å². The van der Waals surface area contributed by atoms with E-state index < -0.39 is 11.8 Å². The van der Waals surface area contributed by atoms with Crippen LogP contribution in [0.1, 0.15) is 45.2 Å². The Morgan fingerprint density at radius 3 is 2.20 bits per heavy atom. The Morgan fingerprint density at radius 1 is 0.971 bits per heavy atom. The van der Waals surface area contributed by atoms with E-state index in [1.807, 2.05) is 62.4 Å². The van der Waals surface area contributed by atoms with Gasteiger partial charge >= 0.3 is 6.09 Å². The first-order valence-electron chi connectivity index (χ1n) is 12.4. The summed E-state index contributed by atoms with van der Waals surface area (Å²) < 4.78 is 11.5. The Balaban J connectivity index is 1.46. The zero-order valence-corrected chi connectivity index (χ0v) is 21.3. The molecule has 7 nitrogen and oxygen atoms in total.